The van der Waals surface area contributed by atoms with Gasteiger partial charge >= 0.3 is 0 Å². The molecule has 122 valence electrons. The summed E-state index contributed by atoms with van der Waals surface area (Å²) in [5.41, 5.74) is 1.94. The lowest BCUT2D eigenvalue weighted by atomic mass is 10.1. The van der Waals surface area contributed by atoms with E-state index in [-0.39, 0.29) is 5.91 Å². The molecule has 0 unspecified atom stereocenters. The van der Waals surface area contributed by atoms with Crippen molar-refractivity contribution in [2.75, 3.05) is 32.6 Å². The predicted molar refractivity (Wildman–Crippen MR) is 89.6 cm³/mol. The van der Waals surface area contributed by atoms with Crippen molar-refractivity contribution in [2.24, 2.45) is 0 Å². The van der Waals surface area contributed by atoms with Crippen molar-refractivity contribution in [1.82, 2.24) is 15.1 Å². The SMILES string of the molecule is COc1ccc(-c2cc(N(C)CC(=O)N(C)C3CC3)n[nH]2)cc1. The largest absolute Gasteiger partial charge is 0.497 e. The smallest absolute Gasteiger partial charge is 0.242 e. The van der Waals surface area contributed by atoms with Crippen molar-refractivity contribution in [3.05, 3.63) is 30.3 Å². The molecule has 1 fully saturated rings. The van der Waals surface area contributed by atoms with Crippen molar-refractivity contribution in [2.45, 2.75) is 18.9 Å². The molecule has 1 amide bonds. The van der Waals surface area contributed by atoms with Crippen LogP contribution in [-0.2, 0) is 4.79 Å². The third kappa shape index (κ3) is 3.47. The number of rotatable bonds is 6. The number of H-pyrrole nitrogens is 1. The minimum absolute atomic E-state index is 0.129. The van der Waals surface area contributed by atoms with Crippen LogP contribution in [0.2, 0.25) is 0 Å². The van der Waals surface area contributed by atoms with Crippen molar-refractivity contribution in [3.8, 4) is 17.0 Å². The second kappa shape index (κ2) is 6.32. The molecule has 1 aromatic heterocycles. The van der Waals surface area contributed by atoms with Gasteiger partial charge in [0.2, 0.25) is 5.91 Å². The molecule has 2 aromatic rings. The first-order chi connectivity index (χ1) is 11.1. The van der Waals surface area contributed by atoms with E-state index in [4.69, 9.17) is 4.74 Å². The number of benzene rings is 1. The number of likely N-dealkylation sites (N-methyl/N-ethyl adjacent to an activating group) is 2. The van der Waals surface area contributed by atoms with E-state index in [0.29, 0.717) is 12.6 Å². The molecule has 0 bridgehead atoms. The van der Waals surface area contributed by atoms with Crippen LogP contribution >= 0.6 is 0 Å². The highest BCUT2D eigenvalue weighted by molar-refractivity contribution is 5.81. The summed E-state index contributed by atoms with van der Waals surface area (Å²) in [6.07, 6.45) is 2.24. The maximum Gasteiger partial charge on any atom is 0.242 e. The fraction of sp³-hybridized carbons (Fsp3) is 0.412. The minimum Gasteiger partial charge on any atom is -0.497 e. The lowest BCUT2D eigenvalue weighted by Crippen LogP contribution is -2.37. The van der Waals surface area contributed by atoms with E-state index in [1.54, 1.807) is 7.11 Å². The van der Waals surface area contributed by atoms with E-state index >= 15 is 0 Å². The Kier molecular flexibility index (Phi) is 4.23. The molecule has 6 nitrogen and oxygen atoms in total. The number of anilines is 1. The Morgan fingerprint density at radius 3 is 2.61 bits per heavy atom. The number of aromatic amines is 1. The summed E-state index contributed by atoms with van der Waals surface area (Å²) in [6.45, 7) is 0.333. The van der Waals surface area contributed by atoms with Crippen LogP contribution in [0.5, 0.6) is 5.75 Å². The maximum absolute atomic E-state index is 12.2. The van der Waals surface area contributed by atoms with E-state index in [2.05, 4.69) is 10.2 Å². The van der Waals surface area contributed by atoms with Gasteiger partial charge < -0.3 is 14.5 Å². The van der Waals surface area contributed by atoms with Gasteiger partial charge in [-0.15, -0.1) is 0 Å². The second-order valence-corrected chi connectivity index (χ2v) is 5.96. The van der Waals surface area contributed by atoms with Crippen molar-refractivity contribution in [1.29, 1.82) is 0 Å². The molecule has 1 aromatic carbocycles. The first-order valence-corrected chi connectivity index (χ1v) is 7.75. The molecule has 1 N–H and O–H groups in total. The van der Waals surface area contributed by atoms with Crippen LogP contribution in [0.15, 0.2) is 30.3 Å². The molecule has 0 radical (unpaired) electrons. The van der Waals surface area contributed by atoms with Crippen LogP contribution < -0.4 is 9.64 Å². The quantitative estimate of drug-likeness (QED) is 0.887. The van der Waals surface area contributed by atoms with Gasteiger partial charge in [-0.2, -0.15) is 5.10 Å². The van der Waals surface area contributed by atoms with E-state index in [1.165, 1.54) is 0 Å². The molecule has 6 heteroatoms. The topological polar surface area (TPSA) is 61.5 Å². The zero-order valence-corrected chi connectivity index (χ0v) is 13.7. The first-order valence-electron chi connectivity index (χ1n) is 7.75. The summed E-state index contributed by atoms with van der Waals surface area (Å²) in [6, 6.07) is 10.2. The Hall–Kier alpha value is -2.50. The van der Waals surface area contributed by atoms with Gasteiger partial charge in [0.15, 0.2) is 5.82 Å². The summed E-state index contributed by atoms with van der Waals surface area (Å²) < 4.78 is 5.16. The molecule has 1 heterocycles. The number of methoxy groups -OCH3 is 1. The lowest BCUT2D eigenvalue weighted by Gasteiger charge is -2.21. The van der Waals surface area contributed by atoms with Gasteiger partial charge in [-0.1, -0.05) is 0 Å². The Morgan fingerprint density at radius 2 is 2.00 bits per heavy atom. The summed E-state index contributed by atoms with van der Waals surface area (Å²) in [4.78, 5) is 15.9. The summed E-state index contributed by atoms with van der Waals surface area (Å²) >= 11 is 0. The van der Waals surface area contributed by atoms with Gasteiger partial charge in [0.25, 0.3) is 0 Å². The summed E-state index contributed by atoms with van der Waals surface area (Å²) in [5, 5.41) is 7.33. The van der Waals surface area contributed by atoms with Crippen LogP contribution in [0, 0.1) is 0 Å². The number of nitrogens with zero attached hydrogens (tertiary/aromatic N) is 3. The average Bonchev–Trinajstić information content (AvgIpc) is 3.30. The van der Waals surface area contributed by atoms with Gasteiger partial charge in [0.1, 0.15) is 5.75 Å². The molecule has 23 heavy (non-hydrogen) atoms. The number of ether oxygens (including phenoxy) is 1. The molecular formula is C17H22N4O2. The minimum atomic E-state index is 0.129. The Labute approximate surface area is 136 Å². The highest BCUT2D eigenvalue weighted by atomic mass is 16.5. The van der Waals surface area contributed by atoms with Crippen LogP contribution in [0.1, 0.15) is 12.8 Å². The van der Waals surface area contributed by atoms with E-state index < -0.39 is 0 Å². The number of carbonyl (C=O) groups excluding carboxylic acids is 1. The molecule has 3 rings (SSSR count). The van der Waals surface area contributed by atoms with E-state index in [1.807, 2.05) is 54.2 Å². The highest BCUT2D eigenvalue weighted by Gasteiger charge is 2.29. The normalized spacial score (nSPS) is 13.7. The van der Waals surface area contributed by atoms with Gasteiger partial charge in [-0.3, -0.25) is 9.89 Å². The number of hydrogen-bond acceptors (Lipinski definition) is 4. The molecule has 0 spiro atoms. The van der Waals surface area contributed by atoms with Gasteiger partial charge in [-0.05, 0) is 42.7 Å². The van der Waals surface area contributed by atoms with Crippen LogP contribution in [0.3, 0.4) is 0 Å². The van der Waals surface area contributed by atoms with Gasteiger partial charge in [0, 0.05) is 26.2 Å². The standard InChI is InChI=1S/C17H22N4O2/c1-20(11-17(22)21(2)13-6-7-13)16-10-15(18-19-16)12-4-8-14(23-3)9-5-12/h4-5,8-10,13H,6-7,11H2,1-3H3,(H,18,19). The van der Waals surface area contributed by atoms with Crippen molar-refractivity contribution >= 4 is 11.7 Å². The lowest BCUT2D eigenvalue weighted by molar-refractivity contribution is -0.128. The van der Waals surface area contributed by atoms with Crippen molar-refractivity contribution < 1.29 is 9.53 Å². The highest BCUT2D eigenvalue weighted by Crippen LogP contribution is 2.26. The Bertz CT molecular complexity index is 676. The summed E-state index contributed by atoms with van der Waals surface area (Å²) in [7, 11) is 5.40. The third-order valence-corrected chi connectivity index (χ3v) is 4.22. The first kappa shape index (κ1) is 15.4. The zero-order valence-electron chi connectivity index (χ0n) is 13.7. The number of carbonyl (C=O) groups is 1. The zero-order chi connectivity index (χ0) is 16.4. The Balaban J connectivity index is 1.66. The van der Waals surface area contributed by atoms with Crippen LogP contribution in [0.4, 0.5) is 5.82 Å². The molecule has 0 saturated heterocycles. The van der Waals surface area contributed by atoms with E-state index in [0.717, 1.165) is 35.7 Å². The number of nitrogens with one attached hydrogen (secondary N) is 1. The predicted octanol–water partition coefficient (Wildman–Crippen LogP) is 2.14. The van der Waals surface area contributed by atoms with Crippen LogP contribution in [-0.4, -0.2) is 54.8 Å². The fourth-order valence-electron chi connectivity index (χ4n) is 2.49. The van der Waals surface area contributed by atoms with Crippen LogP contribution in [0.25, 0.3) is 11.3 Å². The number of aromatic nitrogens is 2. The van der Waals surface area contributed by atoms with Crippen molar-refractivity contribution in [3.63, 3.8) is 0 Å². The number of amides is 1. The Morgan fingerprint density at radius 1 is 1.30 bits per heavy atom. The second-order valence-electron chi connectivity index (χ2n) is 5.96. The molecule has 0 atom stereocenters. The number of hydrogen-bond donors (Lipinski definition) is 1. The fourth-order valence-corrected chi connectivity index (χ4v) is 2.49. The monoisotopic (exact) mass is 314 g/mol. The summed E-state index contributed by atoms with van der Waals surface area (Å²) in [5.74, 6) is 1.71. The van der Waals surface area contributed by atoms with E-state index in [9.17, 15) is 4.79 Å². The third-order valence-electron chi connectivity index (χ3n) is 4.22. The van der Waals surface area contributed by atoms with Gasteiger partial charge in [0.05, 0.1) is 19.3 Å². The molecule has 1 saturated carbocycles. The maximum atomic E-state index is 12.2. The van der Waals surface area contributed by atoms with Gasteiger partial charge in [-0.25, -0.2) is 0 Å². The average molecular weight is 314 g/mol. The molecule has 0 aliphatic heterocycles. The molecule has 1 aliphatic rings. The molecular weight excluding hydrogens is 292 g/mol. The molecule has 1 aliphatic carbocycles.